The third-order valence-electron chi connectivity index (χ3n) is 7.32. The molecule has 1 atom stereocenters. The number of nitrogens with one attached hydrogen (secondary N) is 1. The number of rotatable bonds is 9. The van der Waals surface area contributed by atoms with Gasteiger partial charge in [-0.2, -0.15) is 8.61 Å². The molecule has 10 heteroatoms. The van der Waals surface area contributed by atoms with Gasteiger partial charge in [-0.1, -0.05) is 38.3 Å². The second-order valence-corrected chi connectivity index (χ2v) is 13.6. The van der Waals surface area contributed by atoms with Gasteiger partial charge in [-0.05, 0) is 68.5 Å². The third kappa shape index (κ3) is 6.42. The van der Waals surface area contributed by atoms with Gasteiger partial charge in [0.25, 0.3) is 0 Å². The van der Waals surface area contributed by atoms with Crippen LogP contribution in [0.3, 0.4) is 0 Å². The SMILES string of the molecule is CCC1CCCCN1S(=O)(=O)c1ccc(NCC(=O)c2cccc(S(=O)(=O)N3CCCCCC3)c2)cc1. The highest BCUT2D eigenvalue weighted by Crippen LogP contribution is 2.28. The molecule has 0 spiro atoms. The standard InChI is InChI=1S/C27H37N3O5S2/c1-2-24-11-5-8-19-30(24)37(34,35)25-15-13-23(14-16-25)28-21-27(31)22-10-9-12-26(20-22)36(32,33)29-17-6-3-4-7-18-29/h9-10,12-16,20,24,28H,2-8,11,17-19,21H2,1H3. The van der Waals surface area contributed by atoms with E-state index in [0.717, 1.165) is 51.4 Å². The quantitative estimate of drug-likeness (QED) is 0.464. The number of hydrogen-bond donors (Lipinski definition) is 1. The van der Waals surface area contributed by atoms with Crippen LogP contribution in [0.15, 0.2) is 58.3 Å². The summed E-state index contributed by atoms with van der Waals surface area (Å²) in [7, 11) is -7.21. The monoisotopic (exact) mass is 547 g/mol. The van der Waals surface area contributed by atoms with Crippen LogP contribution >= 0.6 is 0 Å². The topological polar surface area (TPSA) is 104 Å². The predicted octanol–water partition coefficient (Wildman–Crippen LogP) is 4.50. The zero-order chi connectivity index (χ0) is 26.5. The molecule has 0 bridgehead atoms. The zero-order valence-electron chi connectivity index (χ0n) is 21.4. The lowest BCUT2D eigenvalue weighted by atomic mass is 10.0. The van der Waals surface area contributed by atoms with Crippen molar-refractivity contribution in [3.05, 3.63) is 54.1 Å². The summed E-state index contributed by atoms with van der Waals surface area (Å²) in [6.07, 6.45) is 7.35. The number of ketones is 1. The molecule has 2 heterocycles. The maximum Gasteiger partial charge on any atom is 0.243 e. The number of sulfonamides is 2. The molecule has 8 nitrogen and oxygen atoms in total. The lowest BCUT2D eigenvalue weighted by Crippen LogP contribution is -2.43. The molecule has 1 unspecified atom stereocenters. The van der Waals surface area contributed by atoms with E-state index in [9.17, 15) is 21.6 Å². The van der Waals surface area contributed by atoms with Gasteiger partial charge >= 0.3 is 0 Å². The van der Waals surface area contributed by atoms with Gasteiger partial charge in [0.05, 0.1) is 16.3 Å². The minimum absolute atomic E-state index is 0.0353. The molecule has 2 aromatic carbocycles. The van der Waals surface area contributed by atoms with E-state index in [0.29, 0.717) is 30.9 Å². The van der Waals surface area contributed by atoms with Crippen molar-refractivity contribution in [2.24, 2.45) is 0 Å². The first-order chi connectivity index (χ1) is 17.7. The number of piperidine rings is 1. The molecule has 0 saturated carbocycles. The highest BCUT2D eigenvalue weighted by atomic mass is 32.2. The van der Waals surface area contributed by atoms with E-state index in [1.807, 2.05) is 6.92 Å². The van der Waals surface area contributed by atoms with Gasteiger partial charge in [-0.3, -0.25) is 4.79 Å². The van der Waals surface area contributed by atoms with Gasteiger partial charge in [0.1, 0.15) is 0 Å². The second kappa shape index (κ2) is 12.1. The normalized spacial score (nSPS) is 20.3. The van der Waals surface area contributed by atoms with Crippen LogP contribution in [0.2, 0.25) is 0 Å². The lowest BCUT2D eigenvalue weighted by Gasteiger charge is -2.34. The summed E-state index contributed by atoms with van der Waals surface area (Å²) in [4.78, 5) is 13.2. The molecule has 1 N–H and O–H groups in total. The van der Waals surface area contributed by atoms with Crippen LogP contribution in [0, 0.1) is 0 Å². The Kier molecular flexibility index (Phi) is 9.05. The summed E-state index contributed by atoms with van der Waals surface area (Å²) < 4.78 is 55.7. The molecule has 2 aromatic rings. The van der Waals surface area contributed by atoms with Crippen molar-refractivity contribution in [1.29, 1.82) is 0 Å². The zero-order valence-corrected chi connectivity index (χ0v) is 23.1. The van der Waals surface area contributed by atoms with E-state index in [-0.39, 0.29) is 28.2 Å². The maximum atomic E-state index is 13.2. The van der Waals surface area contributed by atoms with Gasteiger partial charge in [0.2, 0.25) is 20.0 Å². The van der Waals surface area contributed by atoms with Crippen LogP contribution in [0.25, 0.3) is 0 Å². The summed E-state index contributed by atoms with van der Waals surface area (Å²) in [6.45, 7) is 3.53. The molecule has 2 aliphatic heterocycles. The Morgan fingerprint density at radius 2 is 1.51 bits per heavy atom. The highest BCUT2D eigenvalue weighted by molar-refractivity contribution is 7.89. The number of carbonyl (C=O) groups excluding carboxylic acids is 1. The van der Waals surface area contributed by atoms with Crippen molar-refractivity contribution in [2.75, 3.05) is 31.5 Å². The van der Waals surface area contributed by atoms with E-state index in [1.54, 1.807) is 40.7 Å². The minimum Gasteiger partial charge on any atom is -0.378 e. The van der Waals surface area contributed by atoms with Crippen molar-refractivity contribution < 1.29 is 21.6 Å². The first kappa shape index (κ1) is 27.8. The first-order valence-corrected chi connectivity index (χ1v) is 16.1. The van der Waals surface area contributed by atoms with Gasteiger partial charge in [0.15, 0.2) is 5.78 Å². The van der Waals surface area contributed by atoms with E-state index in [1.165, 1.54) is 16.4 Å². The Morgan fingerprint density at radius 1 is 0.838 bits per heavy atom. The van der Waals surface area contributed by atoms with Crippen molar-refractivity contribution in [2.45, 2.75) is 74.1 Å². The molecule has 4 rings (SSSR count). The summed E-state index contributed by atoms with van der Waals surface area (Å²) in [5, 5.41) is 3.03. The summed E-state index contributed by atoms with van der Waals surface area (Å²) in [5.41, 5.74) is 0.935. The van der Waals surface area contributed by atoms with Crippen LogP contribution in [0.5, 0.6) is 0 Å². The predicted molar refractivity (Wildman–Crippen MR) is 145 cm³/mol. The van der Waals surface area contributed by atoms with Crippen LogP contribution in [0.4, 0.5) is 5.69 Å². The Labute approximate surface area is 221 Å². The van der Waals surface area contributed by atoms with Crippen LogP contribution in [0.1, 0.15) is 68.6 Å². The number of hydrogen-bond acceptors (Lipinski definition) is 6. The molecule has 0 amide bonds. The molecule has 2 saturated heterocycles. The van der Waals surface area contributed by atoms with Crippen molar-refractivity contribution in [3.8, 4) is 0 Å². The molecule has 202 valence electrons. The van der Waals surface area contributed by atoms with Crippen LogP contribution in [-0.2, 0) is 20.0 Å². The molecular formula is C27H37N3O5S2. The largest absolute Gasteiger partial charge is 0.378 e. The van der Waals surface area contributed by atoms with Gasteiger partial charge < -0.3 is 5.32 Å². The highest BCUT2D eigenvalue weighted by Gasteiger charge is 2.32. The molecule has 0 aromatic heterocycles. The van der Waals surface area contributed by atoms with Crippen LogP contribution < -0.4 is 5.32 Å². The van der Waals surface area contributed by atoms with Crippen molar-refractivity contribution in [1.82, 2.24) is 8.61 Å². The first-order valence-electron chi connectivity index (χ1n) is 13.2. The van der Waals surface area contributed by atoms with Gasteiger partial charge in [0, 0.05) is 36.9 Å². The Hall–Kier alpha value is -2.27. The number of anilines is 1. The third-order valence-corrected chi connectivity index (χ3v) is 11.2. The maximum absolute atomic E-state index is 13.2. The molecule has 0 radical (unpaired) electrons. The molecule has 2 aliphatic rings. The molecule has 37 heavy (non-hydrogen) atoms. The smallest absolute Gasteiger partial charge is 0.243 e. The number of nitrogens with zero attached hydrogens (tertiary/aromatic N) is 2. The van der Waals surface area contributed by atoms with Gasteiger partial charge in [-0.15, -0.1) is 0 Å². The van der Waals surface area contributed by atoms with E-state index < -0.39 is 20.0 Å². The Morgan fingerprint density at radius 3 is 2.19 bits per heavy atom. The summed E-state index contributed by atoms with van der Waals surface area (Å²) in [5.74, 6) is -0.247. The minimum atomic E-state index is -3.64. The molecular weight excluding hydrogens is 510 g/mol. The van der Waals surface area contributed by atoms with Gasteiger partial charge in [-0.25, -0.2) is 16.8 Å². The Bertz CT molecular complexity index is 1290. The fourth-order valence-corrected chi connectivity index (χ4v) is 8.45. The average Bonchev–Trinajstić information content (AvgIpc) is 3.22. The van der Waals surface area contributed by atoms with Crippen molar-refractivity contribution >= 4 is 31.5 Å². The fraction of sp³-hybridized carbons (Fsp3) is 0.519. The van der Waals surface area contributed by atoms with E-state index >= 15 is 0 Å². The summed E-state index contributed by atoms with van der Waals surface area (Å²) >= 11 is 0. The number of Topliss-reactive ketones (excluding diaryl/α,β-unsaturated/α-hetero) is 1. The van der Waals surface area contributed by atoms with E-state index in [2.05, 4.69) is 5.32 Å². The molecule has 2 fully saturated rings. The Balaban J connectivity index is 1.41. The van der Waals surface area contributed by atoms with Crippen LogP contribution in [-0.4, -0.2) is 63.5 Å². The molecule has 0 aliphatic carbocycles. The second-order valence-electron chi connectivity index (χ2n) is 9.82. The summed E-state index contributed by atoms with van der Waals surface area (Å²) in [6, 6.07) is 12.7. The van der Waals surface area contributed by atoms with Crippen molar-refractivity contribution in [3.63, 3.8) is 0 Å². The number of benzene rings is 2. The lowest BCUT2D eigenvalue weighted by molar-refractivity contribution is 0.101. The fourth-order valence-electron chi connectivity index (χ4n) is 5.12. The average molecular weight is 548 g/mol. The van der Waals surface area contributed by atoms with E-state index in [4.69, 9.17) is 0 Å². The number of carbonyl (C=O) groups is 1.